The Balaban J connectivity index is 1.77. The minimum Gasteiger partial charge on any atom is -0.457 e. The van der Waals surface area contributed by atoms with Crippen LogP contribution in [0.3, 0.4) is 0 Å². The third-order valence-electron chi connectivity index (χ3n) is 4.62. The van der Waals surface area contributed by atoms with E-state index in [0.29, 0.717) is 11.3 Å². The lowest BCUT2D eigenvalue weighted by Crippen LogP contribution is -2.26. The molecule has 9 heteroatoms. The van der Waals surface area contributed by atoms with Crippen molar-refractivity contribution in [3.8, 4) is 0 Å². The van der Waals surface area contributed by atoms with Crippen molar-refractivity contribution >= 4 is 27.4 Å². The third-order valence-corrected chi connectivity index (χ3v) is 6.40. The average Bonchev–Trinajstić information content (AvgIpc) is 2.77. The van der Waals surface area contributed by atoms with Crippen molar-refractivity contribution in [3.63, 3.8) is 0 Å². The van der Waals surface area contributed by atoms with Crippen molar-refractivity contribution in [3.05, 3.63) is 99.6 Å². The molecule has 160 valence electrons. The molecule has 0 heterocycles. The molecule has 0 N–H and O–H groups in total. The third kappa shape index (κ3) is 5.07. The maximum absolute atomic E-state index is 13.0. The van der Waals surface area contributed by atoms with Crippen LogP contribution in [0.2, 0.25) is 0 Å². The number of nitrogens with zero attached hydrogens (tertiary/aromatic N) is 2. The van der Waals surface area contributed by atoms with E-state index in [1.807, 2.05) is 19.1 Å². The summed E-state index contributed by atoms with van der Waals surface area (Å²) in [4.78, 5) is 22.7. The van der Waals surface area contributed by atoms with Gasteiger partial charge in [0.25, 0.3) is 15.7 Å². The minimum absolute atomic E-state index is 0.0552. The van der Waals surface area contributed by atoms with E-state index >= 15 is 0 Å². The Hall–Kier alpha value is -3.72. The summed E-state index contributed by atoms with van der Waals surface area (Å²) in [5, 5.41) is 10.9. The molecule has 8 nitrogen and oxygen atoms in total. The SMILES string of the molecule is Cc1ccc(N(C)S(=O)(=O)c2cccc(C(=O)OCc3cccc([N+](=O)[O-])c3)c2)cc1. The van der Waals surface area contributed by atoms with Gasteiger partial charge in [-0.3, -0.25) is 14.4 Å². The summed E-state index contributed by atoms with van der Waals surface area (Å²) >= 11 is 0. The first kappa shape index (κ1) is 22.0. The van der Waals surface area contributed by atoms with Gasteiger partial charge in [-0.2, -0.15) is 0 Å². The van der Waals surface area contributed by atoms with E-state index in [2.05, 4.69) is 0 Å². The highest BCUT2D eigenvalue weighted by atomic mass is 32.2. The Labute approximate surface area is 179 Å². The molecule has 0 spiro atoms. The highest BCUT2D eigenvalue weighted by Gasteiger charge is 2.23. The van der Waals surface area contributed by atoms with Crippen molar-refractivity contribution < 1.29 is 22.9 Å². The number of hydrogen-bond acceptors (Lipinski definition) is 6. The molecule has 0 aliphatic carbocycles. The molecular weight excluding hydrogens is 420 g/mol. The Kier molecular flexibility index (Phi) is 6.36. The molecule has 0 amide bonds. The lowest BCUT2D eigenvalue weighted by molar-refractivity contribution is -0.384. The van der Waals surface area contributed by atoms with E-state index < -0.39 is 20.9 Å². The normalized spacial score (nSPS) is 11.0. The van der Waals surface area contributed by atoms with E-state index in [1.165, 1.54) is 49.5 Å². The number of sulfonamides is 1. The van der Waals surface area contributed by atoms with Crippen LogP contribution >= 0.6 is 0 Å². The molecule has 0 radical (unpaired) electrons. The van der Waals surface area contributed by atoms with Crippen LogP contribution in [-0.4, -0.2) is 26.4 Å². The standard InChI is InChI=1S/C22H20N2O6S/c1-16-9-11-19(12-10-16)23(2)31(28,29)21-8-4-6-18(14-21)22(25)30-15-17-5-3-7-20(13-17)24(26)27/h3-14H,15H2,1-2H3. The fraction of sp³-hybridized carbons (Fsp3) is 0.136. The molecule has 0 saturated carbocycles. The van der Waals surface area contributed by atoms with Gasteiger partial charge >= 0.3 is 5.97 Å². The Morgan fingerprint density at radius 2 is 1.71 bits per heavy atom. The van der Waals surface area contributed by atoms with Gasteiger partial charge in [0.05, 0.1) is 21.1 Å². The predicted molar refractivity (Wildman–Crippen MR) is 115 cm³/mol. The van der Waals surface area contributed by atoms with Gasteiger partial charge in [-0.1, -0.05) is 35.9 Å². The van der Waals surface area contributed by atoms with Gasteiger partial charge in [-0.15, -0.1) is 0 Å². The molecule has 0 bridgehead atoms. The lowest BCUT2D eigenvalue weighted by Gasteiger charge is -2.20. The first-order valence-electron chi connectivity index (χ1n) is 9.24. The number of non-ortho nitro benzene ring substituents is 1. The summed E-state index contributed by atoms with van der Waals surface area (Å²) in [6.07, 6.45) is 0. The zero-order valence-electron chi connectivity index (χ0n) is 16.9. The van der Waals surface area contributed by atoms with Crippen LogP contribution in [0.5, 0.6) is 0 Å². The first-order valence-corrected chi connectivity index (χ1v) is 10.7. The van der Waals surface area contributed by atoms with E-state index in [1.54, 1.807) is 18.2 Å². The summed E-state index contributed by atoms with van der Waals surface area (Å²) in [5.74, 6) is -0.735. The number of nitro benzene ring substituents is 1. The minimum atomic E-state index is -3.89. The summed E-state index contributed by atoms with van der Waals surface area (Å²) in [6.45, 7) is 1.72. The van der Waals surface area contributed by atoms with Crippen molar-refractivity contribution in [2.75, 3.05) is 11.4 Å². The van der Waals surface area contributed by atoms with Gasteiger partial charge in [0.2, 0.25) is 0 Å². The molecular formula is C22H20N2O6S. The maximum Gasteiger partial charge on any atom is 0.338 e. The van der Waals surface area contributed by atoms with Crippen LogP contribution in [0.1, 0.15) is 21.5 Å². The van der Waals surface area contributed by atoms with Gasteiger partial charge in [0.15, 0.2) is 0 Å². The number of nitro groups is 1. The second-order valence-electron chi connectivity index (χ2n) is 6.84. The average molecular weight is 440 g/mol. The van der Waals surface area contributed by atoms with E-state index in [4.69, 9.17) is 4.74 Å². The van der Waals surface area contributed by atoms with E-state index in [-0.39, 0.29) is 22.8 Å². The molecule has 3 aromatic carbocycles. The number of esters is 1. The van der Waals surface area contributed by atoms with Crippen molar-refractivity contribution in [2.24, 2.45) is 0 Å². The number of ether oxygens (including phenoxy) is 1. The number of anilines is 1. The molecule has 0 aromatic heterocycles. The molecule has 0 aliphatic rings. The molecule has 3 rings (SSSR count). The smallest absolute Gasteiger partial charge is 0.338 e. The quantitative estimate of drug-likeness (QED) is 0.311. The molecule has 3 aromatic rings. The number of carbonyl (C=O) groups is 1. The number of hydrogen-bond donors (Lipinski definition) is 0. The van der Waals surface area contributed by atoms with Gasteiger partial charge in [-0.05, 0) is 42.8 Å². The molecule has 0 fully saturated rings. The Bertz CT molecular complexity index is 1220. The lowest BCUT2D eigenvalue weighted by atomic mass is 10.2. The fourth-order valence-corrected chi connectivity index (χ4v) is 4.07. The summed E-state index contributed by atoms with van der Waals surface area (Å²) < 4.78 is 32.3. The van der Waals surface area contributed by atoms with Gasteiger partial charge < -0.3 is 4.74 Å². The topological polar surface area (TPSA) is 107 Å². The van der Waals surface area contributed by atoms with Crippen LogP contribution in [0.4, 0.5) is 11.4 Å². The summed E-state index contributed by atoms with van der Waals surface area (Å²) in [5.41, 5.74) is 1.89. The van der Waals surface area contributed by atoms with E-state index in [0.717, 1.165) is 9.87 Å². The van der Waals surface area contributed by atoms with E-state index in [9.17, 15) is 23.3 Å². The predicted octanol–water partition coefficient (Wildman–Crippen LogP) is 4.09. The van der Waals surface area contributed by atoms with Crippen LogP contribution in [0.25, 0.3) is 0 Å². The zero-order valence-corrected chi connectivity index (χ0v) is 17.7. The molecule has 0 unspecified atom stereocenters. The molecule has 0 saturated heterocycles. The zero-order chi connectivity index (χ0) is 22.6. The number of rotatable bonds is 7. The second-order valence-corrected chi connectivity index (χ2v) is 8.81. The molecule has 0 atom stereocenters. The maximum atomic E-state index is 13.0. The highest BCUT2D eigenvalue weighted by Crippen LogP contribution is 2.23. The van der Waals surface area contributed by atoms with Gasteiger partial charge in [0, 0.05) is 19.2 Å². The summed E-state index contributed by atoms with van der Waals surface area (Å²) in [6, 6.07) is 18.3. The number of benzene rings is 3. The van der Waals surface area contributed by atoms with Crippen LogP contribution in [0.15, 0.2) is 77.7 Å². The van der Waals surface area contributed by atoms with Crippen LogP contribution in [-0.2, 0) is 21.4 Å². The Morgan fingerprint density at radius 3 is 2.39 bits per heavy atom. The monoisotopic (exact) mass is 440 g/mol. The van der Waals surface area contributed by atoms with Crippen molar-refractivity contribution in [2.45, 2.75) is 18.4 Å². The van der Waals surface area contributed by atoms with Crippen LogP contribution in [0, 0.1) is 17.0 Å². The Morgan fingerprint density at radius 1 is 1.03 bits per heavy atom. The number of carbonyl (C=O) groups excluding carboxylic acids is 1. The molecule has 31 heavy (non-hydrogen) atoms. The van der Waals surface area contributed by atoms with Crippen molar-refractivity contribution in [1.29, 1.82) is 0 Å². The van der Waals surface area contributed by atoms with Gasteiger partial charge in [0.1, 0.15) is 6.61 Å². The van der Waals surface area contributed by atoms with Crippen LogP contribution < -0.4 is 4.31 Å². The van der Waals surface area contributed by atoms with Crippen molar-refractivity contribution in [1.82, 2.24) is 0 Å². The highest BCUT2D eigenvalue weighted by molar-refractivity contribution is 7.92. The second kappa shape index (κ2) is 8.97. The fourth-order valence-electron chi connectivity index (χ4n) is 2.83. The number of aryl methyl sites for hydroxylation is 1. The largest absolute Gasteiger partial charge is 0.457 e. The molecule has 0 aliphatic heterocycles. The summed E-state index contributed by atoms with van der Waals surface area (Å²) in [7, 11) is -2.45. The first-order chi connectivity index (χ1) is 14.7. The van der Waals surface area contributed by atoms with Gasteiger partial charge in [-0.25, -0.2) is 13.2 Å².